The summed E-state index contributed by atoms with van der Waals surface area (Å²) in [6.45, 7) is 1.64. The van der Waals surface area contributed by atoms with E-state index in [0.717, 1.165) is 17.7 Å². The molecule has 0 bridgehead atoms. The van der Waals surface area contributed by atoms with Crippen molar-refractivity contribution in [2.24, 2.45) is 0 Å². The van der Waals surface area contributed by atoms with E-state index in [4.69, 9.17) is 23.2 Å². The molecule has 1 aromatic carbocycles. The molecule has 1 aromatic heterocycles. The number of nitrogens with one attached hydrogen (secondary N) is 2. The van der Waals surface area contributed by atoms with E-state index in [1.165, 1.54) is 17.5 Å². The van der Waals surface area contributed by atoms with Gasteiger partial charge in [0.1, 0.15) is 4.34 Å². The van der Waals surface area contributed by atoms with E-state index < -0.39 is 0 Å². The maximum absolute atomic E-state index is 12.9. The van der Waals surface area contributed by atoms with Crippen molar-refractivity contribution in [3.63, 3.8) is 0 Å². The molecule has 142 valence electrons. The zero-order valence-electron chi connectivity index (χ0n) is 14.5. The zero-order chi connectivity index (χ0) is 19.2. The van der Waals surface area contributed by atoms with Crippen LogP contribution in [0.5, 0.6) is 0 Å². The second-order valence-electron chi connectivity index (χ2n) is 6.65. The number of likely N-dealkylation sites (tertiary alicyclic amines) is 1. The fourth-order valence-corrected chi connectivity index (χ4v) is 4.82. The molecule has 2 aliphatic heterocycles. The first-order chi connectivity index (χ1) is 12.9. The molecule has 2 N–H and O–H groups in total. The Balaban J connectivity index is 1.64. The Morgan fingerprint density at radius 2 is 2.07 bits per heavy atom. The van der Waals surface area contributed by atoms with Crippen LogP contribution in [0.3, 0.4) is 0 Å². The number of anilines is 2. The molecule has 7 nitrogen and oxygen atoms in total. The maximum Gasteiger partial charge on any atom is 0.328 e. The average molecular weight is 426 g/mol. The van der Waals surface area contributed by atoms with Crippen molar-refractivity contribution >= 4 is 57.4 Å². The van der Waals surface area contributed by atoms with Crippen LogP contribution >= 0.6 is 34.5 Å². The molecular weight excluding hydrogens is 409 g/mol. The van der Waals surface area contributed by atoms with Crippen molar-refractivity contribution in [1.29, 1.82) is 0 Å². The molecule has 3 heterocycles. The highest BCUT2D eigenvalue weighted by atomic mass is 35.5. The van der Waals surface area contributed by atoms with Crippen molar-refractivity contribution < 1.29 is 9.59 Å². The van der Waals surface area contributed by atoms with Crippen molar-refractivity contribution in [2.45, 2.75) is 11.8 Å². The van der Waals surface area contributed by atoms with Gasteiger partial charge in [-0.25, -0.2) is 14.6 Å². The summed E-state index contributed by atoms with van der Waals surface area (Å²) in [6.07, 6.45) is 2.26. The molecular formula is C17H17Cl2N5O2S. The molecule has 10 heteroatoms. The van der Waals surface area contributed by atoms with Gasteiger partial charge in [-0.05, 0) is 30.2 Å². The van der Waals surface area contributed by atoms with Crippen molar-refractivity contribution in [3.8, 4) is 0 Å². The fraction of sp³-hybridized carbons (Fsp3) is 0.353. The quantitative estimate of drug-likeness (QED) is 0.729. The minimum atomic E-state index is -0.329. The molecule has 0 aliphatic carbocycles. The van der Waals surface area contributed by atoms with Crippen LogP contribution in [0.15, 0.2) is 24.4 Å². The number of carbonyl (C=O) groups excluding carboxylic acids is 2. The molecule has 1 fully saturated rings. The van der Waals surface area contributed by atoms with Gasteiger partial charge in [-0.15, -0.1) is 0 Å². The molecule has 1 spiro atoms. The lowest BCUT2D eigenvalue weighted by Crippen LogP contribution is -2.43. The Labute approximate surface area is 170 Å². The van der Waals surface area contributed by atoms with Gasteiger partial charge in [0, 0.05) is 42.8 Å². The lowest BCUT2D eigenvalue weighted by atomic mass is 9.81. The number of amides is 4. The maximum atomic E-state index is 12.9. The summed E-state index contributed by atoms with van der Waals surface area (Å²) in [7, 11) is 1.62. The van der Waals surface area contributed by atoms with Gasteiger partial charge in [-0.2, -0.15) is 0 Å². The number of carbonyl (C=O) groups is 2. The predicted molar refractivity (Wildman–Crippen MR) is 107 cm³/mol. The normalized spacial score (nSPS) is 20.9. The first-order valence-corrected chi connectivity index (χ1v) is 9.96. The number of urea groups is 2. The second kappa shape index (κ2) is 6.85. The molecule has 27 heavy (non-hydrogen) atoms. The summed E-state index contributed by atoms with van der Waals surface area (Å²) in [4.78, 5) is 32.5. The van der Waals surface area contributed by atoms with Crippen molar-refractivity contribution in [3.05, 3.63) is 39.3 Å². The highest BCUT2D eigenvalue weighted by Crippen LogP contribution is 2.47. The Morgan fingerprint density at radius 1 is 1.26 bits per heavy atom. The van der Waals surface area contributed by atoms with Gasteiger partial charge in [-0.3, -0.25) is 10.2 Å². The number of hydrogen-bond acceptors (Lipinski definition) is 4. The number of benzene rings is 1. The van der Waals surface area contributed by atoms with Gasteiger partial charge in [0.2, 0.25) is 0 Å². The number of aromatic nitrogens is 1. The van der Waals surface area contributed by atoms with Crippen LogP contribution in [0.2, 0.25) is 9.36 Å². The lowest BCUT2D eigenvalue weighted by molar-refractivity contribution is 0.208. The molecule has 4 amide bonds. The van der Waals surface area contributed by atoms with Crippen LogP contribution in [-0.4, -0.2) is 48.6 Å². The van der Waals surface area contributed by atoms with E-state index >= 15 is 0 Å². The molecule has 0 radical (unpaired) electrons. The molecule has 1 atom stereocenters. The minimum absolute atomic E-state index is 0.115. The van der Waals surface area contributed by atoms with E-state index in [1.54, 1.807) is 22.9 Å². The van der Waals surface area contributed by atoms with Gasteiger partial charge in [0.15, 0.2) is 5.13 Å². The minimum Gasteiger partial charge on any atom is -0.341 e. The van der Waals surface area contributed by atoms with Gasteiger partial charge in [-0.1, -0.05) is 34.5 Å². The third-order valence-corrected chi connectivity index (χ3v) is 6.34. The van der Waals surface area contributed by atoms with Gasteiger partial charge < -0.3 is 10.2 Å². The number of fused-ring (bicyclic) bond motifs is 2. The van der Waals surface area contributed by atoms with E-state index in [9.17, 15) is 9.59 Å². The topological polar surface area (TPSA) is 77.6 Å². The van der Waals surface area contributed by atoms with E-state index in [0.29, 0.717) is 34.1 Å². The largest absolute Gasteiger partial charge is 0.341 e. The number of nitrogens with zero attached hydrogens (tertiary/aromatic N) is 3. The fourth-order valence-electron chi connectivity index (χ4n) is 3.85. The van der Waals surface area contributed by atoms with Crippen LogP contribution in [0.25, 0.3) is 0 Å². The summed E-state index contributed by atoms with van der Waals surface area (Å²) in [5.41, 5.74) is 1.47. The van der Waals surface area contributed by atoms with Crippen molar-refractivity contribution in [1.82, 2.24) is 15.2 Å². The number of rotatable bonds is 1. The summed E-state index contributed by atoms with van der Waals surface area (Å²) < 4.78 is 0.507. The zero-order valence-corrected chi connectivity index (χ0v) is 16.8. The Morgan fingerprint density at radius 3 is 2.78 bits per heavy atom. The van der Waals surface area contributed by atoms with Crippen LogP contribution < -0.4 is 15.5 Å². The molecule has 1 unspecified atom stereocenters. The monoisotopic (exact) mass is 425 g/mol. The van der Waals surface area contributed by atoms with Crippen LogP contribution in [-0.2, 0) is 5.41 Å². The SMILES string of the molecule is CNC(=O)N1CCC2(C1)CN(C(=O)Nc1ncc(Cl)s1)c1ccc(Cl)cc12. The third kappa shape index (κ3) is 3.22. The summed E-state index contributed by atoms with van der Waals surface area (Å²) in [5.74, 6) is 0. The molecule has 0 saturated carbocycles. The molecule has 1 saturated heterocycles. The highest BCUT2D eigenvalue weighted by Gasteiger charge is 2.49. The highest BCUT2D eigenvalue weighted by molar-refractivity contribution is 7.19. The molecule has 2 aliphatic rings. The van der Waals surface area contributed by atoms with Gasteiger partial charge >= 0.3 is 12.1 Å². The molecule has 4 rings (SSSR count). The summed E-state index contributed by atoms with van der Waals surface area (Å²) in [5, 5.41) is 6.52. The summed E-state index contributed by atoms with van der Waals surface area (Å²) >= 11 is 13.3. The average Bonchev–Trinajstić information content (AvgIpc) is 3.34. The molecule has 2 aromatic rings. The first-order valence-electron chi connectivity index (χ1n) is 8.38. The Kier molecular flexibility index (Phi) is 4.65. The van der Waals surface area contributed by atoms with Crippen LogP contribution in [0.1, 0.15) is 12.0 Å². The number of thiazole rings is 1. The first kappa shape index (κ1) is 18.3. The van der Waals surface area contributed by atoms with Crippen LogP contribution in [0, 0.1) is 0 Å². The Hall–Kier alpha value is -2.03. The van der Waals surface area contributed by atoms with Gasteiger partial charge in [0.05, 0.1) is 6.20 Å². The standard InChI is InChI=1S/C17H17Cl2N5O2S/c1-20-15(25)23-5-4-17(8-23)9-24(12-3-2-10(18)6-11(12)17)16(26)22-14-21-7-13(19)27-14/h2-3,6-7H,4-5,8-9H2,1H3,(H,20,25)(H,21,22,26). The summed E-state index contributed by atoms with van der Waals surface area (Å²) in [6, 6.07) is 5.13. The third-order valence-electron chi connectivity index (χ3n) is 5.07. The number of halogens is 2. The number of hydrogen-bond donors (Lipinski definition) is 2. The lowest BCUT2D eigenvalue weighted by Gasteiger charge is -2.25. The van der Waals surface area contributed by atoms with E-state index in [2.05, 4.69) is 15.6 Å². The second-order valence-corrected chi connectivity index (χ2v) is 8.75. The Bertz CT molecular complexity index is 920. The van der Waals surface area contributed by atoms with Crippen LogP contribution in [0.4, 0.5) is 20.4 Å². The van der Waals surface area contributed by atoms with Gasteiger partial charge in [0.25, 0.3) is 0 Å². The van der Waals surface area contributed by atoms with Crippen molar-refractivity contribution in [2.75, 3.05) is 36.9 Å². The van der Waals surface area contributed by atoms with E-state index in [-0.39, 0.29) is 17.5 Å². The predicted octanol–water partition coefficient (Wildman–Crippen LogP) is 3.78. The van der Waals surface area contributed by atoms with E-state index in [1.807, 2.05) is 12.1 Å². The smallest absolute Gasteiger partial charge is 0.328 e.